The molecule has 0 bridgehead atoms. The molecule has 0 unspecified atom stereocenters. The number of nitrogens with one attached hydrogen (secondary N) is 1. The lowest BCUT2D eigenvalue weighted by molar-refractivity contribution is -0.137. The van der Waals surface area contributed by atoms with Crippen molar-refractivity contribution in [2.45, 2.75) is 64.0 Å². The predicted molar refractivity (Wildman–Crippen MR) is 184 cm³/mol. The lowest BCUT2D eigenvalue weighted by Gasteiger charge is -2.39. The first-order valence-corrected chi connectivity index (χ1v) is 17.3. The topological polar surface area (TPSA) is 164 Å². The number of hydrogen-bond donors (Lipinski definition) is 2. The predicted octanol–water partition coefficient (Wildman–Crippen LogP) is 4.55. The molecule has 1 spiro atoms. The number of benzene rings is 1. The third-order valence-corrected chi connectivity index (χ3v) is 10.2. The summed E-state index contributed by atoms with van der Waals surface area (Å²) in [7, 11) is 0. The molecule has 3 aliphatic rings. The van der Waals surface area contributed by atoms with E-state index in [1.807, 2.05) is 6.08 Å². The number of fused-ring (bicyclic) bond motifs is 3. The van der Waals surface area contributed by atoms with Gasteiger partial charge in [-0.3, -0.25) is 19.2 Å². The molecule has 0 radical (unpaired) electrons. The minimum absolute atomic E-state index is 0.0386. The monoisotopic (exact) mass is 754 g/mol. The maximum Gasteiger partial charge on any atom is 0.416 e. The number of likely N-dealkylation sites (tertiary alicyclic amines) is 1. The van der Waals surface area contributed by atoms with Gasteiger partial charge in [-0.05, 0) is 68.5 Å². The molecule has 1 fully saturated rings. The summed E-state index contributed by atoms with van der Waals surface area (Å²) in [4.78, 5) is 65.4. The van der Waals surface area contributed by atoms with Crippen molar-refractivity contribution in [1.82, 2.24) is 33.9 Å². The zero-order valence-corrected chi connectivity index (χ0v) is 29.4. The number of hydrogen-bond acceptors (Lipinski definition) is 9. The molecule has 2 N–H and O–H groups in total. The zero-order chi connectivity index (χ0) is 37.8. The lowest BCUT2D eigenvalue weighted by atomic mass is 9.85. The van der Waals surface area contributed by atoms with Gasteiger partial charge >= 0.3 is 6.18 Å². The van der Waals surface area contributed by atoms with Crippen molar-refractivity contribution < 1.29 is 37.4 Å². The molecule has 4 aromatic rings. The molecular formula is C35H34ClF3N8O6. The fraction of sp³-hybridized carbons (Fsp3) is 0.400. The molecule has 1 aromatic carbocycles. The molecule has 14 nitrogen and oxygen atoms in total. The minimum Gasteiger partial charge on any atom is -0.505 e. The molecule has 18 heteroatoms. The highest BCUT2D eigenvalue weighted by Gasteiger charge is 2.50. The van der Waals surface area contributed by atoms with Gasteiger partial charge in [0.15, 0.2) is 11.5 Å². The van der Waals surface area contributed by atoms with Gasteiger partial charge in [-0.25, -0.2) is 4.98 Å². The van der Waals surface area contributed by atoms with E-state index in [9.17, 15) is 37.5 Å². The molecule has 1 atom stereocenters. The third-order valence-electron chi connectivity index (χ3n) is 9.91. The number of allylic oxidation sites excluding steroid dienone is 1. The van der Waals surface area contributed by atoms with E-state index in [-0.39, 0.29) is 71.2 Å². The second-order valence-electron chi connectivity index (χ2n) is 13.3. The molecule has 3 amide bonds. The SMILES string of the molecule is CC(=O)N1CC=C(c2nc3n(CC(=O)Nc4ccc(C(F)(F)F)cc4Cl)c4c(c(=O)n3n2)C2(CCN(C(=O)c3ncccc3O)CC2)O[C@@H]4C)CCC1. The number of anilines is 1. The number of pyridine rings is 1. The van der Waals surface area contributed by atoms with E-state index in [2.05, 4.69) is 15.4 Å². The molecule has 53 heavy (non-hydrogen) atoms. The summed E-state index contributed by atoms with van der Waals surface area (Å²) >= 11 is 6.14. The van der Waals surface area contributed by atoms with Crippen LogP contribution in [-0.4, -0.2) is 83.0 Å². The van der Waals surface area contributed by atoms with Crippen LogP contribution in [0.4, 0.5) is 18.9 Å². The second-order valence-corrected chi connectivity index (χ2v) is 13.7. The van der Waals surface area contributed by atoms with Crippen molar-refractivity contribution >= 4 is 46.4 Å². The number of ether oxygens (including phenoxy) is 1. The van der Waals surface area contributed by atoms with Crippen LogP contribution < -0.4 is 10.9 Å². The average Bonchev–Trinajstić information content (AvgIpc) is 3.56. The highest BCUT2D eigenvalue weighted by molar-refractivity contribution is 6.33. The number of amides is 3. The normalized spacial score (nSPS) is 18.5. The van der Waals surface area contributed by atoms with Crippen molar-refractivity contribution in [3.05, 3.63) is 86.3 Å². The fourth-order valence-corrected chi connectivity index (χ4v) is 7.54. The van der Waals surface area contributed by atoms with Crippen molar-refractivity contribution in [3.63, 3.8) is 0 Å². The summed E-state index contributed by atoms with van der Waals surface area (Å²) in [5.41, 5.74) is -1.47. The molecular weight excluding hydrogens is 721 g/mol. The van der Waals surface area contributed by atoms with E-state index < -0.39 is 47.4 Å². The highest BCUT2D eigenvalue weighted by atomic mass is 35.5. The number of aromatic hydroxyl groups is 1. The Morgan fingerprint density at radius 2 is 1.89 bits per heavy atom. The number of carbonyl (C=O) groups excluding carboxylic acids is 3. The number of halogens is 4. The smallest absolute Gasteiger partial charge is 0.416 e. The molecule has 3 aliphatic heterocycles. The zero-order valence-electron chi connectivity index (χ0n) is 28.6. The summed E-state index contributed by atoms with van der Waals surface area (Å²) in [6.07, 6.45) is -0.553. The molecule has 6 heterocycles. The van der Waals surface area contributed by atoms with E-state index in [1.165, 1.54) is 34.7 Å². The van der Waals surface area contributed by atoms with Gasteiger partial charge in [0.1, 0.15) is 17.9 Å². The van der Waals surface area contributed by atoms with Gasteiger partial charge in [-0.2, -0.15) is 22.7 Å². The van der Waals surface area contributed by atoms with E-state index >= 15 is 0 Å². The van der Waals surface area contributed by atoms with Crippen molar-refractivity contribution in [2.24, 2.45) is 0 Å². The van der Waals surface area contributed by atoms with Crippen molar-refractivity contribution in [1.29, 1.82) is 0 Å². The van der Waals surface area contributed by atoms with Gasteiger partial charge in [0, 0.05) is 39.3 Å². The van der Waals surface area contributed by atoms with Crippen LogP contribution in [0.5, 0.6) is 5.75 Å². The van der Waals surface area contributed by atoms with Crippen LogP contribution in [-0.2, 0) is 32.6 Å². The van der Waals surface area contributed by atoms with Crippen molar-refractivity contribution in [3.8, 4) is 5.75 Å². The second kappa shape index (κ2) is 13.6. The fourth-order valence-electron chi connectivity index (χ4n) is 7.31. The molecule has 0 saturated carbocycles. The van der Waals surface area contributed by atoms with Crippen LogP contribution in [0.25, 0.3) is 11.4 Å². The number of rotatable bonds is 5. The minimum atomic E-state index is -4.63. The van der Waals surface area contributed by atoms with Crippen LogP contribution in [0.15, 0.2) is 47.4 Å². The first-order chi connectivity index (χ1) is 25.2. The van der Waals surface area contributed by atoms with Gasteiger partial charge in [0.25, 0.3) is 11.5 Å². The molecule has 1 saturated heterocycles. The third kappa shape index (κ3) is 6.63. The Balaban J connectivity index is 1.28. The largest absolute Gasteiger partial charge is 0.505 e. The molecule has 278 valence electrons. The van der Waals surface area contributed by atoms with Crippen LogP contribution >= 0.6 is 11.6 Å². The van der Waals surface area contributed by atoms with E-state index in [0.29, 0.717) is 37.2 Å². The first kappa shape index (κ1) is 36.1. The summed E-state index contributed by atoms with van der Waals surface area (Å²) < 4.78 is 49.0. The Morgan fingerprint density at radius 3 is 2.57 bits per heavy atom. The number of piperidine rings is 1. The quantitative estimate of drug-likeness (QED) is 0.298. The number of nitrogens with zero attached hydrogens (tertiary/aromatic N) is 7. The highest BCUT2D eigenvalue weighted by Crippen LogP contribution is 2.48. The van der Waals surface area contributed by atoms with Crippen LogP contribution in [0, 0.1) is 0 Å². The number of aromatic nitrogens is 5. The van der Waals surface area contributed by atoms with Gasteiger partial charge in [-0.15, -0.1) is 5.10 Å². The Labute approximate surface area is 304 Å². The van der Waals surface area contributed by atoms with E-state index in [4.69, 9.17) is 21.3 Å². The number of alkyl halides is 3. The van der Waals surface area contributed by atoms with Crippen molar-refractivity contribution in [2.75, 3.05) is 31.5 Å². The Kier molecular flexibility index (Phi) is 9.26. The summed E-state index contributed by atoms with van der Waals surface area (Å²) in [6.45, 7) is 3.97. The maximum atomic E-state index is 14.5. The summed E-state index contributed by atoms with van der Waals surface area (Å²) in [5, 5.41) is 17.1. The Morgan fingerprint density at radius 1 is 1.13 bits per heavy atom. The Hall–Kier alpha value is -5.29. The maximum absolute atomic E-state index is 14.5. The Bertz CT molecular complexity index is 2240. The summed E-state index contributed by atoms with van der Waals surface area (Å²) in [5.74, 6) is -1.19. The van der Waals surface area contributed by atoms with Gasteiger partial charge in [-0.1, -0.05) is 17.7 Å². The van der Waals surface area contributed by atoms with E-state index in [1.54, 1.807) is 11.8 Å². The van der Waals surface area contributed by atoms with Crippen LogP contribution in [0.2, 0.25) is 5.02 Å². The molecule has 3 aromatic heterocycles. The molecule has 0 aliphatic carbocycles. The lowest BCUT2D eigenvalue weighted by Crippen LogP contribution is -2.47. The van der Waals surface area contributed by atoms with Crippen LogP contribution in [0.3, 0.4) is 0 Å². The standard InChI is InChI=1S/C35H34ClF3N8O6/c1-19-29-27(34(53-19)10-15-45(16-11-34)32(52)28-25(49)6-3-12-40-28)31(51)47-33(42-30(43-47)21-5-4-13-44(14-9-21)20(2)48)46(29)18-26(50)41-24-8-7-22(17-23(24)36)35(37,38)39/h3,6-9,12,17,19,49H,4-5,10-11,13-16,18H2,1-2H3,(H,41,50)/t19-/m1/s1. The van der Waals surface area contributed by atoms with Gasteiger partial charge < -0.3 is 29.5 Å². The first-order valence-electron chi connectivity index (χ1n) is 16.9. The van der Waals surface area contributed by atoms with E-state index in [0.717, 1.165) is 22.7 Å². The number of carbonyl (C=O) groups is 3. The summed E-state index contributed by atoms with van der Waals surface area (Å²) in [6, 6.07) is 5.47. The van der Waals surface area contributed by atoms with Crippen LogP contribution in [0.1, 0.15) is 78.8 Å². The van der Waals surface area contributed by atoms with Gasteiger partial charge in [0.2, 0.25) is 17.6 Å². The van der Waals surface area contributed by atoms with Gasteiger partial charge in [0.05, 0.1) is 33.6 Å². The average molecular weight is 755 g/mol. The molecule has 7 rings (SSSR count).